The maximum atomic E-state index is 14.3. The maximum Gasteiger partial charge on any atom is 0.314 e. The number of ether oxygens (including phenoxy) is 1. The third-order valence-corrected chi connectivity index (χ3v) is 3.74. The third-order valence-electron chi connectivity index (χ3n) is 3.74. The largest absolute Gasteiger partial charge is 0.487 e. The van der Waals surface area contributed by atoms with Crippen LogP contribution in [-0.2, 0) is 6.61 Å². The molecule has 4 aromatic rings. The molecule has 136 valence electrons. The topological polar surface area (TPSA) is 73.9 Å². The van der Waals surface area contributed by atoms with Crippen molar-refractivity contribution in [1.82, 2.24) is 20.2 Å². The van der Waals surface area contributed by atoms with E-state index in [-0.39, 0.29) is 23.8 Å². The number of nitrogens with zero attached hydrogens (tertiary/aromatic N) is 4. The van der Waals surface area contributed by atoms with Crippen LogP contribution in [0.25, 0.3) is 22.4 Å². The van der Waals surface area contributed by atoms with E-state index in [1.54, 1.807) is 18.3 Å². The van der Waals surface area contributed by atoms with Crippen molar-refractivity contribution in [2.45, 2.75) is 13.0 Å². The van der Waals surface area contributed by atoms with Gasteiger partial charge in [0.05, 0.1) is 11.1 Å². The van der Waals surface area contributed by atoms with Crippen LogP contribution in [-0.4, -0.2) is 20.2 Å². The fourth-order valence-electron chi connectivity index (χ4n) is 2.42. The van der Waals surface area contributed by atoms with Gasteiger partial charge in [-0.3, -0.25) is 9.97 Å². The Balaban J connectivity index is 1.50. The highest BCUT2D eigenvalue weighted by molar-refractivity contribution is 5.79. The zero-order valence-corrected chi connectivity index (χ0v) is 13.6. The van der Waals surface area contributed by atoms with E-state index in [9.17, 15) is 13.2 Å². The Hall–Kier alpha value is -3.49. The molecule has 6 nitrogen and oxygen atoms in total. The summed E-state index contributed by atoms with van der Waals surface area (Å²) in [5, 5.41) is 7.62. The van der Waals surface area contributed by atoms with Gasteiger partial charge in [0.2, 0.25) is 5.89 Å². The van der Waals surface area contributed by atoms with Gasteiger partial charge in [0.1, 0.15) is 23.9 Å². The number of rotatable bonds is 5. The number of hydrogen-bond donors (Lipinski definition) is 0. The lowest BCUT2D eigenvalue weighted by Crippen LogP contribution is -2.02. The van der Waals surface area contributed by atoms with Crippen molar-refractivity contribution >= 4 is 10.9 Å². The summed E-state index contributed by atoms with van der Waals surface area (Å²) >= 11 is 0. The molecule has 0 aliphatic rings. The molecule has 0 spiro atoms. The number of fused-ring (bicyclic) bond motifs is 1. The molecular formula is C18H11F3N4O2. The lowest BCUT2D eigenvalue weighted by Gasteiger charge is -2.08. The maximum absolute atomic E-state index is 14.3. The average molecular weight is 372 g/mol. The molecule has 0 saturated heterocycles. The molecule has 0 saturated carbocycles. The number of halogens is 3. The van der Waals surface area contributed by atoms with Gasteiger partial charge in [0.25, 0.3) is 5.89 Å². The van der Waals surface area contributed by atoms with Crippen LogP contribution in [0.3, 0.4) is 0 Å². The Morgan fingerprint density at radius 1 is 1.07 bits per heavy atom. The minimum atomic E-state index is -2.90. The Kier molecular flexibility index (Phi) is 4.41. The van der Waals surface area contributed by atoms with E-state index in [0.29, 0.717) is 5.75 Å². The van der Waals surface area contributed by atoms with Crippen LogP contribution in [0.2, 0.25) is 0 Å². The molecule has 4 rings (SSSR count). The quantitative estimate of drug-likeness (QED) is 0.519. The van der Waals surface area contributed by atoms with Crippen molar-refractivity contribution in [2.75, 3.05) is 0 Å². The number of aromatic nitrogens is 4. The van der Waals surface area contributed by atoms with Crippen molar-refractivity contribution in [3.63, 3.8) is 0 Å². The van der Waals surface area contributed by atoms with Gasteiger partial charge in [-0.05, 0) is 24.3 Å². The lowest BCUT2D eigenvalue weighted by molar-refractivity contribution is 0.116. The first-order valence-electron chi connectivity index (χ1n) is 7.84. The van der Waals surface area contributed by atoms with E-state index in [2.05, 4.69) is 20.2 Å². The summed E-state index contributed by atoms with van der Waals surface area (Å²) < 4.78 is 49.6. The van der Waals surface area contributed by atoms with E-state index in [1.807, 2.05) is 18.2 Å². The summed E-state index contributed by atoms with van der Waals surface area (Å²) in [4.78, 5) is 8.18. The second-order valence-corrected chi connectivity index (χ2v) is 5.55. The van der Waals surface area contributed by atoms with Crippen LogP contribution in [0.15, 0.2) is 53.2 Å². The average Bonchev–Trinajstić information content (AvgIpc) is 3.17. The zero-order valence-electron chi connectivity index (χ0n) is 13.6. The van der Waals surface area contributed by atoms with Crippen LogP contribution in [0, 0.1) is 5.82 Å². The van der Waals surface area contributed by atoms with Gasteiger partial charge in [-0.15, -0.1) is 10.2 Å². The molecule has 0 unspecified atom stereocenters. The molecule has 3 aromatic heterocycles. The van der Waals surface area contributed by atoms with Crippen LogP contribution in [0.4, 0.5) is 13.2 Å². The molecule has 27 heavy (non-hydrogen) atoms. The lowest BCUT2D eigenvalue weighted by atomic mass is 10.2. The summed E-state index contributed by atoms with van der Waals surface area (Å²) in [6, 6.07) is 10.2. The smallest absolute Gasteiger partial charge is 0.314 e. The Morgan fingerprint density at radius 2 is 1.96 bits per heavy atom. The highest BCUT2D eigenvalue weighted by atomic mass is 19.3. The van der Waals surface area contributed by atoms with Crippen molar-refractivity contribution in [1.29, 1.82) is 0 Å². The highest BCUT2D eigenvalue weighted by Crippen LogP contribution is 2.24. The standard InChI is InChI=1S/C18H11F3N4O2/c19-13-6-11(17-24-25-18(27-17)16(20)21)8-23-15(13)9-26-12-4-3-10-2-1-5-22-14(10)7-12/h1-8,16H,9H2. The fourth-order valence-corrected chi connectivity index (χ4v) is 2.42. The molecule has 0 aliphatic carbocycles. The first kappa shape index (κ1) is 17.0. The minimum absolute atomic E-state index is 0.0495. The van der Waals surface area contributed by atoms with Crippen molar-refractivity contribution in [2.24, 2.45) is 0 Å². The first-order valence-corrected chi connectivity index (χ1v) is 7.84. The molecule has 1 aromatic carbocycles. The van der Waals surface area contributed by atoms with Crippen molar-refractivity contribution in [3.05, 3.63) is 66.2 Å². The normalized spacial score (nSPS) is 11.3. The minimum Gasteiger partial charge on any atom is -0.487 e. The molecular weight excluding hydrogens is 361 g/mol. The van der Waals surface area contributed by atoms with E-state index < -0.39 is 18.1 Å². The van der Waals surface area contributed by atoms with E-state index in [1.165, 1.54) is 6.20 Å². The van der Waals surface area contributed by atoms with E-state index in [0.717, 1.165) is 17.0 Å². The van der Waals surface area contributed by atoms with Crippen LogP contribution in [0.1, 0.15) is 18.0 Å². The Bertz CT molecular complexity index is 1100. The number of hydrogen-bond acceptors (Lipinski definition) is 6. The number of benzene rings is 1. The summed E-state index contributed by atoms with van der Waals surface area (Å²) in [7, 11) is 0. The van der Waals surface area contributed by atoms with Crippen molar-refractivity contribution < 1.29 is 22.3 Å². The molecule has 0 N–H and O–H groups in total. The fraction of sp³-hybridized carbons (Fsp3) is 0.111. The van der Waals surface area contributed by atoms with Gasteiger partial charge in [-0.1, -0.05) is 6.07 Å². The summed E-state index contributed by atoms with van der Waals surface area (Å²) in [5.41, 5.74) is 0.907. The predicted molar refractivity (Wildman–Crippen MR) is 88.5 cm³/mol. The molecule has 0 fully saturated rings. The van der Waals surface area contributed by atoms with E-state index in [4.69, 9.17) is 9.15 Å². The molecule has 0 atom stereocenters. The van der Waals surface area contributed by atoms with Crippen LogP contribution >= 0.6 is 0 Å². The van der Waals surface area contributed by atoms with Gasteiger partial charge < -0.3 is 9.15 Å². The SMILES string of the molecule is Fc1cc(-c2nnc(C(F)F)o2)cnc1COc1ccc2cccnc2c1. The van der Waals surface area contributed by atoms with E-state index >= 15 is 0 Å². The molecule has 0 bridgehead atoms. The summed E-state index contributed by atoms with van der Waals surface area (Å²) in [6.45, 7) is -0.115. The molecule has 0 aliphatic heterocycles. The number of pyridine rings is 2. The summed E-state index contributed by atoms with van der Waals surface area (Å²) in [5.74, 6) is -1.22. The van der Waals surface area contributed by atoms with Crippen LogP contribution < -0.4 is 4.74 Å². The first-order chi connectivity index (χ1) is 13.1. The molecule has 0 amide bonds. The Labute approximate surface area is 150 Å². The Morgan fingerprint density at radius 3 is 2.74 bits per heavy atom. The van der Waals surface area contributed by atoms with Gasteiger partial charge in [0, 0.05) is 23.8 Å². The second kappa shape index (κ2) is 7.02. The van der Waals surface area contributed by atoms with Gasteiger partial charge in [0.15, 0.2) is 0 Å². The molecule has 3 heterocycles. The van der Waals surface area contributed by atoms with Gasteiger partial charge >= 0.3 is 6.43 Å². The molecule has 0 radical (unpaired) electrons. The number of alkyl halides is 2. The predicted octanol–water partition coefficient (Wildman–Crippen LogP) is 4.34. The van der Waals surface area contributed by atoms with Gasteiger partial charge in [-0.2, -0.15) is 8.78 Å². The third kappa shape index (κ3) is 3.57. The highest BCUT2D eigenvalue weighted by Gasteiger charge is 2.18. The van der Waals surface area contributed by atoms with Crippen LogP contribution in [0.5, 0.6) is 5.75 Å². The summed E-state index contributed by atoms with van der Waals surface area (Å²) in [6.07, 6.45) is 0.0309. The molecule has 9 heteroatoms. The monoisotopic (exact) mass is 372 g/mol. The zero-order chi connectivity index (χ0) is 18.8. The second-order valence-electron chi connectivity index (χ2n) is 5.55. The van der Waals surface area contributed by atoms with Gasteiger partial charge in [-0.25, -0.2) is 4.39 Å². The van der Waals surface area contributed by atoms with Crippen molar-refractivity contribution in [3.8, 4) is 17.2 Å².